The number of rotatable bonds is 4. The van der Waals surface area contributed by atoms with E-state index >= 15 is 0 Å². The van der Waals surface area contributed by atoms with Crippen LogP contribution in [0, 0.1) is 6.92 Å². The van der Waals surface area contributed by atoms with Crippen LogP contribution in [0.15, 0.2) is 15.4 Å². The standard InChI is InChI=1S/C12H20N2O4S/c1-3-10-8-14(4-5-17-10)19(15,16)12-6-11(7-13)18-9(12)2/h6,10H,3-5,7-8,13H2,1-2H3. The van der Waals surface area contributed by atoms with E-state index in [0.717, 1.165) is 6.42 Å². The Labute approximate surface area is 113 Å². The smallest absolute Gasteiger partial charge is 0.246 e. The minimum atomic E-state index is -3.52. The highest BCUT2D eigenvalue weighted by Gasteiger charge is 2.32. The van der Waals surface area contributed by atoms with Gasteiger partial charge in [-0.05, 0) is 13.3 Å². The summed E-state index contributed by atoms with van der Waals surface area (Å²) in [4.78, 5) is 0.213. The van der Waals surface area contributed by atoms with Crippen molar-refractivity contribution >= 4 is 10.0 Å². The predicted octanol–water partition coefficient (Wildman–Crippen LogP) is 0.846. The van der Waals surface area contributed by atoms with Gasteiger partial charge < -0.3 is 14.9 Å². The molecule has 1 fully saturated rings. The molecule has 0 bridgehead atoms. The normalized spacial score (nSPS) is 21.7. The van der Waals surface area contributed by atoms with Gasteiger partial charge in [-0.1, -0.05) is 6.92 Å². The van der Waals surface area contributed by atoms with E-state index in [2.05, 4.69) is 0 Å². The molecule has 2 rings (SSSR count). The van der Waals surface area contributed by atoms with Gasteiger partial charge in [0, 0.05) is 19.2 Å². The van der Waals surface area contributed by atoms with Crippen LogP contribution in [0.2, 0.25) is 0 Å². The van der Waals surface area contributed by atoms with Crippen LogP contribution in [0.4, 0.5) is 0 Å². The Kier molecular flexibility index (Phi) is 4.29. The molecule has 1 aromatic heterocycles. The van der Waals surface area contributed by atoms with Gasteiger partial charge >= 0.3 is 0 Å². The zero-order chi connectivity index (χ0) is 14.0. The number of hydrogen-bond acceptors (Lipinski definition) is 5. The van der Waals surface area contributed by atoms with E-state index < -0.39 is 10.0 Å². The molecule has 19 heavy (non-hydrogen) atoms. The number of nitrogens with zero attached hydrogens (tertiary/aromatic N) is 1. The van der Waals surface area contributed by atoms with Crippen LogP contribution >= 0.6 is 0 Å². The maximum Gasteiger partial charge on any atom is 0.246 e. The van der Waals surface area contributed by atoms with E-state index in [4.69, 9.17) is 14.9 Å². The van der Waals surface area contributed by atoms with E-state index in [1.165, 1.54) is 10.4 Å². The Morgan fingerprint density at radius 2 is 2.26 bits per heavy atom. The van der Waals surface area contributed by atoms with Crippen LogP contribution in [-0.4, -0.2) is 38.5 Å². The SMILES string of the molecule is CCC1CN(S(=O)(=O)c2cc(CN)oc2C)CCO1. The van der Waals surface area contributed by atoms with Crippen LogP contribution in [0.3, 0.4) is 0 Å². The molecule has 0 spiro atoms. The third-order valence-corrected chi connectivity index (χ3v) is 5.27. The second-order valence-electron chi connectivity index (χ2n) is 4.60. The molecule has 0 radical (unpaired) electrons. The number of sulfonamides is 1. The molecule has 1 atom stereocenters. The van der Waals surface area contributed by atoms with Crippen LogP contribution in [0.25, 0.3) is 0 Å². The van der Waals surface area contributed by atoms with Crippen molar-refractivity contribution in [1.82, 2.24) is 4.31 Å². The fourth-order valence-corrected chi connectivity index (χ4v) is 3.82. The molecular weight excluding hydrogens is 268 g/mol. The second kappa shape index (κ2) is 5.62. The van der Waals surface area contributed by atoms with Crippen LogP contribution in [-0.2, 0) is 21.3 Å². The highest BCUT2D eigenvalue weighted by Crippen LogP contribution is 2.25. The maximum absolute atomic E-state index is 12.6. The molecule has 2 N–H and O–H groups in total. The molecule has 1 aliphatic heterocycles. The summed E-state index contributed by atoms with van der Waals surface area (Å²) in [7, 11) is -3.52. The first kappa shape index (κ1) is 14.5. The molecule has 0 amide bonds. The van der Waals surface area contributed by atoms with Crippen molar-refractivity contribution in [3.63, 3.8) is 0 Å². The molecule has 6 nitrogen and oxygen atoms in total. The average Bonchev–Trinajstić information content (AvgIpc) is 2.81. The molecule has 108 valence electrons. The van der Waals surface area contributed by atoms with Gasteiger partial charge in [0.2, 0.25) is 10.0 Å². The Morgan fingerprint density at radius 3 is 2.84 bits per heavy atom. The molecule has 7 heteroatoms. The molecule has 0 saturated carbocycles. The summed E-state index contributed by atoms with van der Waals surface area (Å²) in [5.41, 5.74) is 5.48. The fraction of sp³-hybridized carbons (Fsp3) is 0.667. The monoisotopic (exact) mass is 288 g/mol. The lowest BCUT2D eigenvalue weighted by atomic mass is 10.2. The van der Waals surface area contributed by atoms with Crippen molar-refractivity contribution in [2.24, 2.45) is 5.73 Å². The number of ether oxygens (including phenoxy) is 1. The largest absolute Gasteiger partial charge is 0.464 e. The van der Waals surface area contributed by atoms with Crippen molar-refractivity contribution in [1.29, 1.82) is 0 Å². The van der Waals surface area contributed by atoms with Crippen molar-refractivity contribution < 1.29 is 17.6 Å². The Balaban J connectivity index is 2.28. The number of furan rings is 1. The van der Waals surface area contributed by atoms with E-state index in [9.17, 15) is 8.42 Å². The van der Waals surface area contributed by atoms with Crippen LogP contribution in [0.5, 0.6) is 0 Å². The van der Waals surface area contributed by atoms with Gasteiger partial charge in [0.05, 0.1) is 19.3 Å². The van der Waals surface area contributed by atoms with E-state index in [-0.39, 0.29) is 17.5 Å². The summed E-state index contributed by atoms with van der Waals surface area (Å²) in [6, 6.07) is 1.51. The molecule has 1 aromatic rings. The Hall–Kier alpha value is -0.890. The minimum absolute atomic E-state index is 0.0373. The minimum Gasteiger partial charge on any atom is -0.464 e. The zero-order valence-electron chi connectivity index (χ0n) is 11.3. The summed E-state index contributed by atoms with van der Waals surface area (Å²) in [6.07, 6.45) is 0.759. The number of aryl methyl sites for hydroxylation is 1. The molecule has 2 heterocycles. The topological polar surface area (TPSA) is 85.8 Å². The quantitative estimate of drug-likeness (QED) is 0.887. The van der Waals surface area contributed by atoms with Gasteiger partial charge in [0.15, 0.2) is 0 Å². The first-order chi connectivity index (χ1) is 8.98. The highest BCUT2D eigenvalue weighted by molar-refractivity contribution is 7.89. The van der Waals surface area contributed by atoms with Gasteiger partial charge in [-0.2, -0.15) is 4.31 Å². The van der Waals surface area contributed by atoms with Gasteiger partial charge in [-0.15, -0.1) is 0 Å². The lowest BCUT2D eigenvalue weighted by Crippen LogP contribution is -2.45. The number of morpholine rings is 1. The summed E-state index contributed by atoms with van der Waals surface area (Å²) in [5.74, 6) is 0.872. The average molecular weight is 288 g/mol. The first-order valence-electron chi connectivity index (χ1n) is 6.40. The molecule has 0 aliphatic carbocycles. The fourth-order valence-electron chi connectivity index (χ4n) is 2.18. The summed E-state index contributed by atoms with van der Waals surface area (Å²) in [5, 5.41) is 0. The van der Waals surface area contributed by atoms with Gasteiger partial charge in [0.25, 0.3) is 0 Å². The Bertz CT molecular complexity index is 538. The van der Waals surface area contributed by atoms with Crippen molar-refractivity contribution in [2.45, 2.75) is 37.8 Å². The third-order valence-electron chi connectivity index (χ3n) is 3.30. The van der Waals surface area contributed by atoms with E-state index in [0.29, 0.717) is 31.2 Å². The number of nitrogens with two attached hydrogens (primary N) is 1. The van der Waals surface area contributed by atoms with Crippen molar-refractivity contribution in [2.75, 3.05) is 19.7 Å². The maximum atomic E-state index is 12.6. The lowest BCUT2D eigenvalue weighted by molar-refractivity contribution is -0.00280. The summed E-state index contributed by atoms with van der Waals surface area (Å²) >= 11 is 0. The third kappa shape index (κ3) is 2.84. The number of hydrogen-bond donors (Lipinski definition) is 1. The summed E-state index contributed by atoms with van der Waals surface area (Å²) < 4.78 is 37.4. The highest BCUT2D eigenvalue weighted by atomic mass is 32.2. The second-order valence-corrected chi connectivity index (χ2v) is 6.51. The lowest BCUT2D eigenvalue weighted by Gasteiger charge is -2.31. The first-order valence-corrected chi connectivity index (χ1v) is 7.84. The molecule has 1 aliphatic rings. The van der Waals surface area contributed by atoms with Gasteiger partial charge in [-0.25, -0.2) is 8.42 Å². The molecule has 1 saturated heterocycles. The zero-order valence-corrected chi connectivity index (χ0v) is 12.1. The van der Waals surface area contributed by atoms with Crippen molar-refractivity contribution in [3.8, 4) is 0 Å². The van der Waals surface area contributed by atoms with E-state index in [1.54, 1.807) is 6.92 Å². The van der Waals surface area contributed by atoms with E-state index in [1.807, 2.05) is 6.92 Å². The Morgan fingerprint density at radius 1 is 1.53 bits per heavy atom. The van der Waals surface area contributed by atoms with Gasteiger partial charge in [-0.3, -0.25) is 0 Å². The van der Waals surface area contributed by atoms with Crippen LogP contribution < -0.4 is 5.73 Å². The van der Waals surface area contributed by atoms with Gasteiger partial charge in [0.1, 0.15) is 16.4 Å². The molecular formula is C12H20N2O4S. The van der Waals surface area contributed by atoms with Crippen molar-refractivity contribution in [3.05, 3.63) is 17.6 Å². The molecule has 1 unspecified atom stereocenters. The molecule has 0 aromatic carbocycles. The summed E-state index contributed by atoms with van der Waals surface area (Å²) in [6.45, 7) is 5.01. The van der Waals surface area contributed by atoms with Crippen LogP contribution in [0.1, 0.15) is 24.9 Å². The predicted molar refractivity (Wildman–Crippen MR) is 70.1 cm³/mol.